The van der Waals surface area contributed by atoms with Crippen molar-refractivity contribution in [2.75, 3.05) is 29.6 Å². The van der Waals surface area contributed by atoms with Crippen LogP contribution in [0.2, 0.25) is 5.02 Å². The van der Waals surface area contributed by atoms with E-state index < -0.39 is 12.0 Å². The van der Waals surface area contributed by atoms with Gasteiger partial charge in [-0.2, -0.15) is 0 Å². The smallest absolute Gasteiger partial charge is 0.269 e. The second-order valence-electron chi connectivity index (χ2n) is 5.64. The standard InChI is InChI=1S/C17H17ClN4O4/c1-9-17(24)22(16-13(26-9)5-6-14(19)21-16)8-15(23)20-11-7-10(18)3-4-12(11)25-2/h3-7,9H,8H2,1-2H3,(H2,19,21)(H,20,23). The summed E-state index contributed by atoms with van der Waals surface area (Å²) < 4.78 is 10.7. The third-order valence-corrected chi connectivity index (χ3v) is 4.01. The summed E-state index contributed by atoms with van der Waals surface area (Å²) in [5, 5.41) is 3.13. The van der Waals surface area contributed by atoms with Crippen molar-refractivity contribution >= 4 is 40.7 Å². The molecule has 0 saturated heterocycles. The zero-order valence-corrected chi connectivity index (χ0v) is 14.9. The molecule has 2 aromatic rings. The molecule has 1 atom stereocenters. The first-order valence-electron chi connectivity index (χ1n) is 7.77. The molecule has 9 heteroatoms. The molecule has 1 aliphatic heterocycles. The number of carbonyl (C=O) groups excluding carboxylic acids is 2. The van der Waals surface area contributed by atoms with Crippen LogP contribution in [0.25, 0.3) is 0 Å². The van der Waals surface area contributed by atoms with Gasteiger partial charge < -0.3 is 20.5 Å². The van der Waals surface area contributed by atoms with Gasteiger partial charge in [0.25, 0.3) is 5.91 Å². The zero-order valence-electron chi connectivity index (χ0n) is 14.2. The summed E-state index contributed by atoms with van der Waals surface area (Å²) in [5.74, 6) is 0.441. The van der Waals surface area contributed by atoms with E-state index in [0.717, 1.165) is 0 Å². The molecule has 0 bridgehead atoms. The second kappa shape index (κ2) is 7.09. The number of hydrogen-bond acceptors (Lipinski definition) is 6. The van der Waals surface area contributed by atoms with Crippen molar-refractivity contribution in [2.45, 2.75) is 13.0 Å². The molecule has 0 spiro atoms. The van der Waals surface area contributed by atoms with Gasteiger partial charge in [-0.3, -0.25) is 14.5 Å². The van der Waals surface area contributed by atoms with Gasteiger partial charge in [0.1, 0.15) is 18.1 Å². The second-order valence-corrected chi connectivity index (χ2v) is 6.07. The molecule has 26 heavy (non-hydrogen) atoms. The van der Waals surface area contributed by atoms with Crippen LogP contribution in [0.5, 0.6) is 11.5 Å². The van der Waals surface area contributed by atoms with E-state index in [4.69, 9.17) is 26.8 Å². The summed E-state index contributed by atoms with van der Waals surface area (Å²) in [4.78, 5) is 30.3. The van der Waals surface area contributed by atoms with E-state index in [2.05, 4.69) is 10.3 Å². The summed E-state index contributed by atoms with van der Waals surface area (Å²) in [6, 6.07) is 8.03. The van der Waals surface area contributed by atoms with Crippen LogP contribution >= 0.6 is 11.6 Å². The lowest BCUT2D eigenvalue weighted by Gasteiger charge is -2.31. The number of methoxy groups -OCH3 is 1. The van der Waals surface area contributed by atoms with Crippen molar-refractivity contribution in [3.8, 4) is 11.5 Å². The molecule has 3 N–H and O–H groups in total. The molecular formula is C17H17ClN4O4. The predicted molar refractivity (Wildman–Crippen MR) is 97.7 cm³/mol. The van der Waals surface area contributed by atoms with Gasteiger partial charge in [-0.15, -0.1) is 0 Å². The van der Waals surface area contributed by atoms with Crippen molar-refractivity contribution in [3.05, 3.63) is 35.4 Å². The van der Waals surface area contributed by atoms with Crippen LogP contribution in [0.15, 0.2) is 30.3 Å². The molecule has 0 fully saturated rings. The number of nitrogens with zero attached hydrogens (tertiary/aromatic N) is 2. The fourth-order valence-electron chi connectivity index (χ4n) is 2.56. The maximum atomic E-state index is 12.5. The molecule has 3 rings (SSSR count). The van der Waals surface area contributed by atoms with Crippen LogP contribution in [0.4, 0.5) is 17.3 Å². The Labute approximate surface area is 154 Å². The third-order valence-electron chi connectivity index (χ3n) is 3.77. The number of carbonyl (C=O) groups is 2. The van der Waals surface area contributed by atoms with Crippen molar-refractivity contribution < 1.29 is 19.1 Å². The highest BCUT2D eigenvalue weighted by Gasteiger charge is 2.34. The third kappa shape index (κ3) is 3.50. The minimum atomic E-state index is -0.735. The van der Waals surface area contributed by atoms with Crippen LogP contribution in [0.1, 0.15) is 6.92 Å². The average molecular weight is 377 g/mol. The van der Waals surface area contributed by atoms with Crippen LogP contribution in [-0.4, -0.2) is 36.6 Å². The lowest BCUT2D eigenvalue weighted by atomic mass is 10.2. The van der Waals surface area contributed by atoms with E-state index >= 15 is 0 Å². The number of nitrogens with one attached hydrogen (secondary N) is 1. The Morgan fingerprint density at radius 2 is 2.19 bits per heavy atom. The molecule has 8 nitrogen and oxygen atoms in total. The topological polar surface area (TPSA) is 107 Å². The van der Waals surface area contributed by atoms with Crippen molar-refractivity contribution in [3.63, 3.8) is 0 Å². The summed E-state index contributed by atoms with van der Waals surface area (Å²) in [6.07, 6.45) is -0.735. The first-order valence-corrected chi connectivity index (χ1v) is 8.15. The zero-order chi connectivity index (χ0) is 18.8. The number of nitrogen functional groups attached to an aromatic ring is 1. The van der Waals surface area contributed by atoms with E-state index in [-0.39, 0.29) is 24.1 Å². The highest BCUT2D eigenvalue weighted by Crippen LogP contribution is 2.33. The largest absolute Gasteiger partial charge is 0.495 e. The Bertz CT molecular complexity index is 874. The maximum absolute atomic E-state index is 12.5. The number of amides is 2. The molecule has 1 aliphatic rings. The van der Waals surface area contributed by atoms with Gasteiger partial charge in [-0.05, 0) is 37.3 Å². The number of rotatable bonds is 4. The Morgan fingerprint density at radius 1 is 1.42 bits per heavy atom. The van der Waals surface area contributed by atoms with Crippen molar-refractivity contribution in [1.82, 2.24) is 4.98 Å². The Morgan fingerprint density at radius 3 is 2.92 bits per heavy atom. The van der Waals surface area contributed by atoms with E-state index in [1.54, 1.807) is 37.3 Å². The van der Waals surface area contributed by atoms with Gasteiger partial charge in [0.2, 0.25) is 5.91 Å². The van der Waals surface area contributed by atoms with Crippen LogP contribution in [0, 0.1) is 0 Å². The van der Waals surface area contributed by atoms with Gasteiger partial charge in [0.05, 0.1) is 12.8 Å². The molecule has 136 valence electrons. The van der Waals surface area contributed by atoms with Crippen LogP contribution in [-0.2, 0) is 9.59 Å². The first-order chi connectivity index (χ1) is 12.4. The lowest BCUT2D eigenvalue weighted by molar-refractivity contribution is -0.127. The summed E-state index contributed by atoms with van der Waals surface area (Å²) in [6.45, 7) is 1.35. The monoisotopic (exact) mass is 376 g/mol. The van der Waals surface area contributed by atoms with E-state index in [1.165, 1.54) is 12.0 Å². The number of halogens is 1. The number of benzene rings is 1. The average Bonchev–Trinajstić information content (AvgIpc) is 2.60. The molecule has 1 unspecified atom stereocenters. The van der Waals surface area contributed by atoms with Gasteiger partial charge in [0.15, 0.2) is 17.7 Å². The van der Waals surface area contributed by atoms with Gasteiger partial charge in [0, 0.05) is 5.02 Å². The van der Waals surface area contributed by atoms with E-state index in [0.29, 0.717) is 22.2 Å². The molecule has 2 heterocycles. The normalized spacial score (nSPS) is 15.9. The number of nitrogens with two attached hydrogens (primary N) is 1. The lowest BCUT2D eigenvalue weighted by Crippen LogP contribution is -2.48. The van der Waals surface area contributed by atoms with Gasteiger partial charge in [-0.25, -0.2) is 4.98 Å². The minimum Gasteiger partial charge on any atom is -0.495 e. The van der Waals surface area contributed by atoms with Crippen LogP contribution < -0.4 is 25.4 Å². The van der Waals surface area contributed by atoms with E-state index in [1.807, 2.05) is 0 Å². The molecule has 0 aliphatic carbocycles. The Hall–Kier alpha value is -3.00. The summed E-state index contributed by atoms with van der Waals surface area (Å²) in [5.41, 5.74) is 6.10. The predicted octanol–water partition coefficient (Wildman–Crippen LogP) is 2.08. The van der Waals surface area contributed by atoms with Crippen LogP contribution in [0.3, 0.4) is 0 Å². The number of aromatic nitrogens is 1. The summed E-state index contributed by atoms with van der Waals surface area (Å²) >= 11 is 5.96. The number of anilines is 3. The fourth-order valence-corrected chi connectivity index (χ4v) is 2.74. The first kappa shape index (κ1) is 17.8. The highest BCUT2D eigenvalue weighted by molar-refractivity contribution is 6.31. The molecule has 0 radical (unpaired) electrons. The van der Waals surface area contributed by atoms with Crippen molar-refractivity contribution in [2.24, 2.45) is 0 Å². The molecular weight excluding hydrogens is 360 g/mol. The molecule has 1 aromatic carbocycles. The Kier molecular flexibility index (Phi) is 4.85. The van der Waals surface area contributed by atoms with Gasteiger partial charge in [-0.1, -0.05) is 11.6 Å². The Balaban J connectivity index is 1.84. The quantitative estimate of drug-likeness (QED) is 0.846. The number of ether oxygens (including phenoxy) is 2. The van der Waals surface area contributed by atoms with Crippen molar-refractivity contribution in [1.29, 1.82) is 0 Å². The van der Waals surface area contributed by atoms with Gasteiger partial charge >= 0.3 is 0 Å². The molecule has 0 saturated carbocycles. The fraction of sp³-hybridized carbons (Fsp3) is 0.235. The number of pyridine rings is 1. The summed E-state index contributed by atoms with van der Waals surface area (Å²) in [7, 11) is 1.48. The molecule has 2 amide bonds. The minimum absolute atomic E-state index is 0.210. The van der Waals surface area contributed by atoms with E-state index in [9.17, 15) is 9.59 Å². The molecule has 1 aromatic heterocycles. The maximum Gasteiger partial charge on any atom is 0.269 e. The number of hydrogen-bond donors (Lipinski definition) is 2. The number of fused-ring (bicyclic) bond motifs is 1. The highest BCUT2D eigenvalue weighted by atomic mass is 35.5. The SMILES string of the molecule is COc1ccc(Cl)cc1NC(=O)CN1C(=O)C(C)Oc2ccc(N)nc21.